The van der Waals surface area contributed by atoms with Gasteiger partial charge in [0.1, 0.15) is 0 Å². The van der Waals surface area contributed by atoms with Crippen molar-refractivity contribution < 1.29 is 0 Å². The summed E-state index contributed by atoms with van der Waals surface area (Å²) in [7, 11) is 3.25. The molecule has 0 bridgehead atoms. The van der Waals surface area contributed by atoms with E-state index in [2.05, 4.69) is 41.4 Å². The molecule has 0 unspecified atom stereocenters. The number of aliphatic imine (C=N–C) groups is 2. The Morgan fingerprint density at radius 2 is 1.32 bits per heavy atom. The van der Waals surface area contributed by atoms with Gasteiger partial charge in [0.25, 0.3) is 0 Å². The summed E-state index contributed by atoms with van der Waals surface area (Å²) in [4.78, 5) is 7.86. The number of guanidine groups is 2. The SMILES string of the molecule is CN=C(NC#N)NCCSCc1cnncc1CSCCNC(=NC)NC#N. The highest BCUT2D eigenvalue weighted by atomic mass is 32.2. The Morgan fingerprint density at radius 3 is 1.68 bits per heavy atom. The van der Waals surface area contributed by atoms with Gasteiger partial charge in [-0.2, -0.15) is 44.2 Å². The summed E-state index contributed by atoms with van der Waals surface area (Å²) in [5.41, 5.74) is 2.34. The zero-order valence-corrected chi connectivity index (χ0v) is 17.5. The maximum Gasteiger partial charge on any atom is 0.204 e. The molecule has 0 radical (unpaired) electrons. The van der Waals surface area contributed by atoms with Crippen molar-refractivity contribution in [2.45, 2.75) is 11.5 Å². The molecule has 1 aromatic heterocycles. The summed E-state index contributed by atoms with van der Waals surface area (Å²) >= 11 is 3.55. The molecule has 0 spiro atoms. The van der Waals surface area contributed by atoms with Crippen LogP contribution in [0.3, 0.4) is 0 Å². The van der Waals surface area contributed by atoms with E-state index in [4.69, 9.17) is 10.5 Å². The molecule has 1 aromatic rings. The molecule has 0 aliphatic rings. The minimum absolute atomic E-state index is 0.473. The van der Waals surface area contributed by atoms with Crippen LogP contribution in [0.2, 0.25) is 0 Å². The van der Waals surface area contributed by atoms with Crippen molar-refractivity contribution in [3.8, 4) is 12.4 Å². The Morgan fingerprint density at radius 1 is 0.893 bits per heavy atom. The Kier molecular flexibility index (Phi) is 12.8. The van der Waals surface area contributed by atoms with Gasteiger partial charge in [-0.05, 0) is 11.1 Å². The van der Waals surface area contributed by atoms with Gasteiger partial charge in [-0.15, -0.1) is 0 Å². The molecule has 0 aromatic carbocycles. The van der Waals surface area contributed by atoms with Crippen LogP contribution in [0.5, 0.6) is 0 Å². The number of aromatic nitrogens is 2. The first-order valence-electron chi connectivity index (χ1n) is 8.40. The molecule has 150 valence electrons. The molecule has 28 heavy (non-hydrogen) atoms. The first-order valence-corrected chi connectivity index (χ1v) is 10.7. The van der Waals surface area contributed by atoms with Crippen LogP contribution in [0.15, 0.2) is 22.4 Å². The lowest BCUT2D eigenvalue weighted by molar-refractivity contribution is 0.928. The third-order valence-electron chi connectivity index (χ3n) is 3.29. The van der Waals surface area contributed by atoms with Crippen molar-refractivity contribution in [1.82, 2.24) is 31.5 Å². The molecule has 12 heteroatoms. The molecular weight excluding hydrogens is 396 g/mol. The average Bonchev–Trinajstić information content (AvgIpc) is 2.72. The second kappa shape index (κ2) is 15.4. The van der Waals surface area contributed by atoms with Crippen LogP contribution >= 0.6 is 23.5 Å². The average molecular weight is 421 g/mol. The lowest BCUT2D eigenvalue weighted by Gasteiger charge is -2.10. The number of thioether (sulfide) groups is 2. The van der Waals surface area contributed by atoms with E-state index >= 15 is 0 Å². The van der Waals surface area contributed by atoms with Crippen molar-refractivity contribution in [3.05, 3.63) is 23.5 Å². The summed E-state index contributed by atoms with van der Waals surface area (Å²) < 4.78 is 0. The van der Waals surface area contributed by atoms with Gasteiger partial charge in [0.05, 0.1) is 12.4 Å². The van der Waals surface area contributed by atoms with Crippen LogP contribution in [0.1, 0.15) is 11.1 Å². The van der Waals surface area contributed by atoms with E-state index in [1.54, 1.807) is 37.6 Å². The summed E-state index contributed by atoms with van der Waals surface area (Å²) in [6.45, 7) is 1.41. The maximum absolute atomic E-state index is 8.59. The molecule has 0 amide bonds. The van der Waals surface area contributed by atoms with Crippen molar-refractivity contribution in [1.29, 1.82) is 10.5 Å². The van der Waals surface area contributed by atoms with E-state index in [-0.39, 0.29) is 0 Å². The molecule has 4 N–H and O–H groups in total. The van der Waals surface area contributed by atoms with Gasteiger partial charge >= 0.3 is 0 Å². The van der Waals surface area contributed by atoms with E-state index in [1.165, 1.54) is 11.1 Å². The molecule has 0 aliphatic heterocycles. The first-order chi connectivity index (χ1) is 13.7. The summed E-state index contributed by atoms with van der Waals surface area (Å²) in [6.07, 6.45) is 7.30. The second-order valence-electron chi connectivity index (χ2n) is 5.12. The molecule has 0 aliphatic carbocycles. The quantitative estimate of drug-likeness (QED) is 0.136. The highest BCUT2D eigenvalue weighted by Gasteiger charge is 2.05. The van der Waals surface area contributed by atoms with Crippen LogP contribution in [-0.2, 0) is 11.5 Å². The molecule has 0 saturated carbocycles. The minimum atomic E-state index is 0.473. The largest absolute Gasteiger partial charge is 0.355 e. The van der Waals surface area contributed by atoms with Gasteiger partial charge in [-0.25, -0.2) is 0 Å². The van der Waals surface area contributed by atoms with E-state index < -0.39 is 0 Å². The van der Waals surface area contributed by atoms with E-state index in [1.807, 2.05) is 24.8 Å². The lowest BCUT2D eigenvalue weighted by Crippen LogP contribution is -2.35. The molecule has 0 atom stereocenters. The fraction of sp³-hybridized carbons (Fsp3) is 0.500. The third kappa shape index (κ3) is 9.85. The maximum atomic E-state index is 8.59. The van der Waals surface area contributed by atoms with Gasteiger partial charge in [0.2, 0.25) is 11.9 Å². The highest BCUT2D eigenvalue weighted by Crippen LogP contribution is 2.19. The standard InChI is InChI=1S/C16H24N10S2/c1-19-15(23-11-17)21-3-5-27-9-13-7-25-26-8-14(13)10-28-6-4-22-16(20-2)24-12-18/h7-8H,3-6,9-10H2,1-2H3,(H2,19,21,23)(H2,20,22,24). The van der Waals surface area contributed by atoms with Crippen molar-refractivity contribution in [2.24, 2.45) is 9.98 Å². The predicted octanol–water partition coefficient (Wildman–Crippen LogP) is 0.235. The summed E-state index contributed by atoms with van der Waals surface area (Å²) in [5.74, 6) is 4.37. The van der Waals surface area contributed by atoms with Crippen LogP contribution in [-0.4, -0.2) is 60.8 Å². The smallest absolute Gasteiger partial charge is 0.204 e. The zero-order valence-electron chi connectivity index (χ0n) is 15.9. The Labute approximate surface area is 173 Å². The van der Waals surface area contributed by atoms with Crippen LogP contribution in [0.4, 0.5) is 0 Å². The van der Waals surface area contributed by atoms with Gasteiger partial charge < -0.3 is 10.6 Å². The van der Waals surface area contributed by atoms with Crippen LogP contribution < -0.4 is 21.3 Å². The molecular formula is C16H24N10S2. The van der Waals surface area contributed by atoms with E-state index in [9.17, 15) is 0 Å². The predicted molar refractivity (Wildman–Crippen MR) is 115 cm³/mol. The van der Waals surface area contributed by atoms with E-state index in [0.717, 1.165) is 23.0 Å². The van der Waals surface area contributed by atoms with Crippen molar-refractivity contribution in [3.63, 3.8) is 0 Å². The fourth-order valence-corrected chi connectivity index (χ4v) is 3.68. The Balaban J connectivity index is 2.31. The summed E-state index contributed by atoms with van der Waals surface area (Å²) in [5, 5.41) is 36.3. The number of hydrogen-bond acceptors (Lipinski definition) is 8. The highest BCUT2D eigenvalue weighted by molar-refractivity contribution is 7.98. The van der Waals surface area contributed by atoms with Crippen molar-refractivity contribution >= 4 is 35.4 Å². The minimum Gasteiger partial charge on any atom is -0.355 e. The number of nitrogens with zero attached hydrogens (tertiary/aromatic N) is 6. The number of nitriles is 2. The normalized spacial score (nSPS) is 11.3. The molecule has 0 saturated heterocycles. The van der Waals surface area contributed by atoms with E-state index in [0.29, 0.717) is 25.0 Å². The topological polar surface area (TPSA) is 146 Å². The number of rotatable bonds is 10. The first kappa shape index (κ1) is 23.3. The van der Waals surface area contributed by atoms with Crippen LogP contribution in [0.25, 0.3) is 0 Å². The third-order valence-corrected chi connectivity index (χ3v) is 5.31. The van der Waals surface area contributed by atoms with Gasteiger partial charge in [-0.3, -0.25) is 20.6 Å². The fourth-order valence-electron chi connectivity index (χ4n) is 1.94. The molecule has 0 fully saturated rings. The Bertz CT molecular complexity index is 662. The second-order valence-corrected chi connectivity index (χ2v) is 7.33. The van der Waals surface area contributed by atoms with Gasteiger partial charge in [0.15, 0.2) is 12.4 Å². The lowest BCUT2D eigenvalue weighted by atomic mass is 10.2. The number of hydrogen-bond donors (Lipinski definition) is 4. The Hall–Kier alpha value is -2.70. The molecule has 1 rings (SSSR count). The van der Waals surface area contributed by atoms with Gasteiger partial charge in [0, 0.05) is 50.2 Å². The van der Waals surface area contributed by atoms with Gasteiger partial charge in [-0.1, -0.05) is 0 Å². The molecule has 10 nitrogen and oxygen atoms in total. The zero-order chi connectivity index (χ0) is 20.5. The van der Waals surface area contributed by atoms with Crippen molar-refractivity contribution in [2.75, 3.05) is 38.7 Å². The van der Waals surface area contributed by atoms with Crippen LogP contribution in [0, 0.1) is 22.9 Å². The summed E-state index contributed by atoms with van der Waals surface area (Å²) in [6, 6.07) is 0. The monoisotopic (exact) mass is 420 g/mol. The molecule has 1 heterocycles. The number of nitrogens with one attached hydrogen (secondary N) is 4.